The summed E-state index contributed by atoms with van der Waals surface area (Å²) in [5.74, 6) is -5.86. The summed E-state index contributed by atoms with van der Waals surface area (Å²) < 4.78 is 0. The maximum absolute atomic E-state index is 13.2. The Morgan fingerprint density at radius 2 is 1.28 bits per heavy atom. The molecule has 0 aliphatic carbocycles. The number of carbonyl (C=O) groups excluding carboxylic acids is 4. The molecule has 2 heterocycles. The van der Waals surface area contributed by atoms with Crippen LogP contribution in [0, 0.1) is 0 Å². The number of aromatic nitrogens is 4. The van der Waals surface area contributed by atoms with Crippen molar-refractivity contribution in [3.63, 3.8) is 0 Å². The lowest BCUT2D eigenvalue weighted by Crippen LogP contribution is -2.58. The second-order valence-electron chi connectivity index (χ2n) is 8.63. The summed E-state index contributed by atoms with van der Waals surface area (Å²) in [6, 6.07) is -5.33. The fourth-order valence-corrected chi connectivity index (χ4v) is 3.43. The molecule has 0 spiro atoms. The zero-order chi connectivity index (χ0) is 28.9. The van der Waals surface area contributed by atoms with Gasteiger partial charge in [0.2, 0.25) is 23.6 Å². The number of hydrogen-bond acceptors (Lipinski definition) is 9. The van der Waals surface area contributed by atoms with Gasteiger partial charge < -0.3 is 47.6 Å². The highest BCUT2D eigenvalue weighted by molar-refractivity contribution is 5.94. The molecular weight excluding hydrogens is 518 g/mol. The molecule has 0 aliphatic rings. The first-order valence-corrected chi connectivity index (χ1v) is 11.8. The number of carboxylic acid groups (broad SMARTS) is 2. The molecule has 212 valence electrons. The number of hydrogen-bond donors (Lipinski definition) is 9. The largest absolute Gasteiger partial charge is 0.481 e. The van der Waals surface area contributed by atoms with Gasteiger partial charge in [-0.3, -0.25) is 24.0 Å². The highest BCUT2D eigenvalue weighted by Gasteiger charge is 2.31. The van der Waals surface area contributed by atoms with E-state index in [1.165, 1.54) is 25.0 Å². The van der Waals surface area contributed by atoms with E-state index in [0.717, 1.165) is 0 Å². The molecule has 0 fully saturated rings. The monoisotopic (exact) mass is 549 g/mol. The van der Waals surface area contributed by atoms with Gasteiger partial charge >= 0.3 is 11.9 Å². The first-order chi connectivity index (χ1) is 18.5. The predicted octanol–water partition coefficient (Wildman–Crippen LogP) is -3.09. The smallest absolute Gasteiger partial charge is 0.326 e. The van der Waals surface area contributed by atoms with Crippen molar-refractivity contribution in [2.75, 3.05) is 0 Å². The number of nitrogens with one attached hydrogen (secondary N) is 5. The Morgan fingerprint density at radius 1 is 0.769 bits per heavy atom. The molecule has 4 unspecified atom stereocenters. The average Bonchev–Trinajstić information content (AvgIpc) is 3.58. The van der Waals surface area contributed by atoms with Crippen LogP contribution >= 0.6 is 0 Å². The number of carbonyl (C=O) groups is 6. The van der Waals surface area contributed by atoms with Gasteiger partial charge in [0.05, 0.1) is 18.7 Å². The number of amides is 4. The Hall–Kier alpha value is -4.80. The van der Waals surface area contributed by atoms with Crippen LogP contribution in [0.15, 0.2) is 25.0 Å². The highest BCUT2D eigenvalue weighted by Crippen LogP contribution is 2.06. The van der Waals surface area contributed by atoms with Gasteiger partial charge in [0.15, 0.2) is 0 Å². The van der Waals surface area contributed by atoms with E-state index in [0.29, 0.717) is 11.4 Å². The van der Waals surface area contributed by atoms with Crippen molar-refractivity contribution < 1.29 is 39.0 Å². The van der Waals surface area contributed by atoms with Gasteiger partial charge in [0.25, 0.3) is 0 Å². The summed E-state index contributed by atoms with van der Waals surface area (Å²) in [5.41, 5.74) is 11.7. The van der Waals surface area contributed by atoms with Gasteiger partial charge in [0.1, 0.15) is 18.1 Å². The Labute approximate surface area is 221 Å². The summed E-state index contributed by atoms with van der Waals surface area (Å²) >= 11 is 0. The molecule has 0 aromatic carbocycles. The number of carboxylic acids is 2. The van der Waals surface area contributed by atoms with E-state index in [1.807, 2.05) is 0 Å². The minimum Gasteiger partial charge on any atom is -0.481 e. The van der Waals surface area contributed by atoms with Gasteiger partial charge in [-0.2, -0.15) is 0 Å². The number of H-pyrrole nitrogens is 2. The quantitative estimate of drug-likeness (QED) is 0.0952. The third-order valence-electron chi connectivity index (χ3n) is 5.52. The molecule has 2 aromatic heterocycles. The van der Waals surface area contributed by atoms with Crippen LogP contribution in [0.2, 0.25) is 0 Å². The predicted molar refractivity (Wildman–Crippen MR) is 131 cm³/mol. The van der Waals surface area contributed by atoms with Crippen LogP contribution in [0.4, 0.5) is 0 Å². The summed E-state index contributed by atoms with van der Waals surface area (Å²) in [5, 5.41) is 25.8. The molecule has 4 atom stereocenters. The van der Waals surface area contributed by atoms with E-state index in [9.17, 15) is 33.9 Å². The molecule has 0 aliphatic heterocycles. The number of nitrogens with two attached hydrogens (primary N) is 2. The lowest BCUT2D eigenvalue weighted by molar-refractivity contribution is -0.143. The van der Waals surface area contributed by atoms with E-state index in [2.05, 4.69) is 35.9 Å². The molecule has 11 N–H and O–H groups in total. The average molecular weight is 550 g/mol. The van der Waals surface area contributed by atoms with Crippen molar-refractivity contribution in [2.24, 2.45) is 11.5 Å². The molecule has 17 nitrogen and oxygen atoms in total. The number of rotatable bonds is 17. The third-order valence-corrected chi connectivity index (χ3v) is 5.52. The first-order valence-electron chi connectivity index (χ1n) is 11.8. The van der Waals surface area contributed by atoms with Gasteiger partial charge in [-0.1, -0.05) is 0 Å². The maximum atomic E-state index is 13.2. The van der Waals surface area contributed by atoms with E-state index < -0.39 is 66.2 Å². The summed E-state index contributed by atoms with van der Waals surface area (Å²) in [6.07, 6.45) is 4.08. The molecule has 0 saturated heterocycles. The van der Waals surface area contributed by atoms with Crippen molar-refractivity contribution in [1.82, 2.24) is 35.9 Å². The fourth-order valence-electron chi connectivity index (χ4n) is 3.43. The lowest BCUT2D eigenvalue weighted by Gasteiger charge is -2.25. The molecule has 39 heavy (non-hydrogen) atoms. The molecule has 0 radical (unpaired) electrons. The lowest BCUT2D eigenvalue weighted by atomic mass is 10.1. The molecule has 17 heteroatoms. The summed E-state index contributed by atoms with van der Waals surface area (Å²) in [4.78, 5) is 85.8. The minimum absolute atomic E-state index is 0.0733. The normalized spacial score (nSPS) is 13.9. The van der Waals surface area contributed by atoms with Gasteiger partial charge in [-0.05, 0) is 12.8 Å². The van der Waals surface area contributed by atoms with Gasteiger partial charge in [-0.15, -0.1) is 0 Å². The zero-order valence-electron chi connectivity index (χ0n) is 20.8. The Bertz CT molecular complexity index is 1140. The van der Waals surface area contributed by atoms with Crippen molar-refractivity contribution in [1.29, 1.82) is 0 Å². The van der Waals surface area contributed by atoms with Crippen LogP contribution in [0.1, 0.15) is 37.1 Å². The van der Waals surface area contributed by atoms with Crippen LogP contribution < -0.4 is 27.4 Å². The second-order valence-corrected chi connectivity index (χ2v) is 8.63. The summed E-state index contributed by atoms with van der Waals surface area (Å²) in [7, 11) is 0. The maximum Gasteiger partial charge on any atom is 0.326 e. The van der Waals surface area contributed by atoms with E-state index >= 15 is 0 Å². The van der Waals surface area contributed by atoms with Crippen LogP contribution in [0.25, 0.3) is 0 Å². The molecule has 0 saturated carbocycles. The first kappa shape index (κ1) is 30.4. The fraction of sp³-hybridized carbons (Fsp3) is 0.455. The van der Waals surface area contributed by atoms with Crippen LogP contribution in [-0.4, -0.2) is 89.9 Å². The van der Waals surface area contributed by atoms with Crippen LogP contribution in [-0.2, 0) is 41.6 Å². The molecule has 4 amide bonds. The van der Waals surface area contributed by atoms with Gasteiger partial charge in [-0.25, -0.2) is 14.8 Å². The molecule has 2 rings (SSSR count). The van der Waals surface area contributed by atoms with Crippen molar-refractivity contribution in [3.8, 4) is 0 Å². The van der Waals surface area contributed by atoms with Crippen molar-refractivity contribution in [2.45, 2.75) is 62.7 Å². The van der Waals surface area contributed by atoms with Crippen LogP contribution in [0.5, 0.6) is 0 Å². The van der Waals surface area contributed by atoms with Crippen LogP contribution in [0.3, 0.4) is 0 Å². The zero-order valence-corrected chi connectivity index (χ0v) is 20.8. The summed E-state index contributed by atoms with van der Waals surface area (Å²) in [6.45, 7) is 0. The second kappa shape index (κ2) is 14.8. The number of aliphatic carboxylic acids is 2. The van der Waals surface area contributed by atoms with E-state index in [-0.39, 0.29) is 32.1 Å². The Morgan fingerprint density at radius 3 is 1.77 bits per heavy atom. The van der Waals surface area contributed by atoms with E-state index in [4.69, 9.17) is 16.6 Å². The number of imidazole rings is 2. The van der Waals surface area contributed by atoms with E-state index in [1.54, 1.807) is 0 Å². The number of nitrogens with zero attached hydrogens (tertiary/aromatic N) is 2. The Kier molecular flexibility index (Phi) is 11.6. The number of primary amides is 1. The van der Waals surface area contributed by atoms with Gasteiger partial charge in [0, 0.05) is 49.5 Å². The SMILES string of the molecule is NC(=O)CCC(N)C(=O)NC(Cc1cnc[nH]1)C(=O)NC(CCC(=O)O)C(=O)NC(Cc1cnc[nH]1)C(=O)O. The van der Waals surface area contributed by atoms with Crippen molar-refractivity contribution >= 4 is 35.6 Å². The topological polar surface area (TPSA) is 288 Å². The molecular formula is C22H31N9O8. The minimum atomic E-state index is -1.46. The highest BCUT2D eigenvalue weighted by atomic mass is 16.4. The molecule has 0 bridgehead atoms. The van der Waals surface area contributed by atoms with Crippen molar-refractivity contribution in [3.05, 3.63) is 36.4 Å². The Balaban J connectivity index is 2.18. The standard InChI is InChI=1S/C22H31N9O8/c23-13(1-3-17(24)32)19(35)30-15(5-11-7-25-9-27-11)21(37)29-14(2-4-18(33)34)20(36)31-16(22(38)39)6-12-8-26-10-28-12/h7-10,13-16H,1-6,23H2,(H2,24,32)(H,25,27)(H,26,28)(H,29,37)(H,30,35)(H,31,36)(H,33,34)(H,38,39). The number of aromatic amines is 2. The third kappa shape index (κ3) is 10.6. The molecule has 2 aromatic rings.